The number of halogens is 1. The van der Waals surface area contributed by atoms with Crippen molar-refractivity contribution in [2.45, 2.75) is 13.0 Å². The van der Waals surface area contributed by atoms with Gasteiger partial charge in [0.1, 0.15) is 11.8 Å². The number of hydrogen-bond acceptors (Lipinski definition) is 4. The molecule has 1 aromatic carbocycles. The Hall–Kier alpha value is -1.56. The Bertz CT molecular complexity index is 461. The highest BCUT2D eigenvalue weighted by Crippen LogP contribution is 2.25. The molecule has 1 N–H and O–H groups in total. The third-order valence-corrected chi connectivity index (χ3v) is 2.94. The standard InChI is InChI=1S/C12H14BrNO4/c1-7(12(16)18-3)14-11(15)8-4-5-10(17-2)9(13)6-8/h4-7H,1-3H3,(H,14,15). The van der Waals surface area contributed by atoms with Gasteiger partial charge in [-0.1, -0.05) is 0 Å². The zero-order valence-electron chi connectivity index (χ0n) is 10.3. The van der Waals surface area contributed by atoms with E-state index in [1.54, 1.807) is 32.2 Å². The van der Waals surface area contributed by atoms with Gasteiger partial charge in [-0.2, -0.15) is 0 Å². The van der Waals surface area contributed by atoms with Crippen LogP contribution in [-0.4, -0.2) is 32.1 Å². The summed E-state index contributed by atoms with van der Waals surface area (Å²) >= 11 is 3.29. The highest BCUT2D eigenvalue weighted by atomic mass is 79.9. The normalized spacial score (nSPS) is 11.6. The fourth-order valence-electron chi connectivity index (χ4n) is 1.32. The minimum Gasteiger partial charge on any atom is -0.496 e. The number of ether oxygens (including phenoxy) is 2. The summed E-state index contributed by atoms with van der Waals surface area (Å²) in [6.45, 7) is 1.56. The molecule has 1 amide bonds. The van der Waals surface area contributed by atoms with Crippen LogP contribution in [0.4, 0.5) is 0 Å². The highest BCUT2D eigenvalue weighted by molar-refractivity contribution is 9.10. The van der Waals surface area contributed by atoms with E-state index in [2.05, 4.69) is 26.0 Å². The van der Waals surface area contributed by atoms with Gasteiger partial charge in [0.15, 0.2) is 0 Å². The van der Waals surface area contributed by atoms with Gasteiger partial charge < -0.3 is 14.8 Å². The average Bonchev–Trinajstić information content (AvgIpc) is 2.37. The average molecular weight is 316 g/mol. The minimum absolute atomic E-state index is 0.351. The van der Waals surface area contributed by atoms with Gasteiger partial charge in [0.2, 0.25) is 0 Å². The maximum Gasteiger partial charge on any atom is 0.328 e. The van der Waals surface area contributed by atoms with Gasteiger partial charge >= 0.3 is 5.97 Å². The molecule has 0 saturated carbocycles. The summed E-state index contributed by atoms with van der Waals surface area (Å²) in [6, 6.07) is 4.21. The third kappa shape index (κ3) is 3.46. The van der Waals surface area contributed by atoms with Gasteiger partial charge in [-0.15, -0.1) is 0 Å². The van der Waals surface area contributed by atoms with E-state index < -0.39 is 12.0 Å². The third-order valence-electron chi connectivity index (χ3n) is 2.32. The first-order chi connectivity index (χ1) is 8.49. The molecule has 1 atom stereocenters. The second-order valence-corrected chi connectivity index (χ2v) is 4.42. The summed E-state index contributed by atoms with van der Waals surface area (Å²) in [7, 11) is 2.81. The number of methoxy groups -OCH3 is 2. The molecule has 5 nitrogen and oxygen atoms in total. The first-order valence-electron chi connectivity index (χ1n) is 5.21. The summed E-state index contributed by atoms with van der Waals surface area (Å²) < 4.78 is 10.3. The highest BCUT2D eigenvalue weighted by Gasteiger charge is 2.17. The Labute approximate surface area is 114 Å². The fourth-order valence-corrected chi connectivity index (χ4v) is 1.86. The van der Waals surface area contributed by atoms with Crippen LogP contribution in [0.5, 0.6) is 5.75 Å². The van der Waals surface area contributed by atoms with E-state index in [0.717, 1.165) is 0 Å². The van der Waals surface area contributed by atoms with Gasteiger partial charge in [-0.05, 0) is 41.1 Å². The minimum atomic E-state index is -0.691. The maximum atomic E-state index is 11.8. The summed E-state index contributed by atoms with van der Waals surface area (Å²) in [4.78, 5) is 23.0. The van der Waals surface area contributed by atoms with Gasteiger partial charge in [-0.3, -0.25) is 4.79 Å². The maximum absolute atomic E-state index is 11.8. The molecule has 0 aliphatic carbocycles. The van der Waals surface area contributed by atoms with Crippen molar-refractivity contribution in [2.24, 2.45) is 0 Å². The quantitative estimate of drug-likeness (QED) is 0.860. The molecule has 0 fully saturated rings. The number of nitrogens with one attached hydrogen (secondary N) is 1. The van der Waals surface area contributed by atoms with Crippen molar-refractivity contribution >= 4 is 27.8 Å². The molecule has 1 unspecified atom stereocenters. The van der Waals surface area contributed by atoms with E-state index in [-0.39, 0.29) is 5.91 Å². The number of esters is 1. The lowest BCUT2D eigenvalue weighted by Gasteiger charge is -2.12. The van der Waals surface area contributed by atoms with Crippen molar-refractivity contribution < 1.29 is 19.1 Å². The van der Waals surface area contributed by atoms with Crippen LogP contribution in [0.3, 0.4) is 0 Å². The summed E-state index contributed by atoms with van der Waals surface area (Å²) in [5.74, 6) is -0.209. The largest absolute Gasteiger partial charge is 0.496 e. The van der Waals surface area contributed by atoms with Crippen molar-refractivity contribution in [3.63, 3.8) is 0 Å². The fraction of sp³-hybridized carbons (Fsp3) is 0.333. The van der Waals surface area contributed by atoms with E-state index in [1.807, 2.05) is 0 Å². The Balaban J connectivity index is 2.79. The molecule has 0 aliphatic heterocycles. The van der Waals surface area contributed by atoms with Crippen LogP contribution in [0.15, 0.2) is 22.7 Å². The van der Waals surface area contributed by atoms with Crippen LogP contribution in [0.2, 0.25) is 0 Å². The Morgan fingerprint density at radius 2 is 2.00 bits per heavy atom. The topological polar surface area (TPSA) is 64.6 Å². The van der Waals surface area contributed by atoms with Crippen LogP contribution >= 0.6 is 15.9 Å². The van der Waals surface area contributed by atoms with Crippen molar-refractivity contribution in [3.05, 3.63) is 28.2 Å². The molecular formula is C12H14BrNO4. The van der Waals surface area contributed by atoms with Crippen LogP contribution in [0, 0.1) is 0 Å². The molecular weight excluding hydrogens is 302 g/mol. The first-order valence-corrected chi connectivity index (χ1v) is 6.01. The molecule has 0 aromatic heterocycles. The van der Waals surface area contributed by atoms with Crippen LogP contribution in [-0.2, 0) is 9.53 Å². The molecule has 1 rings (SSSR count). The predicted molar refractivity (Wildman–Crippen MR) is 69.6 cm³/mol. The van der Waals surface area contributed by atoms with E-state index >= 15 is 0 Å². The number of hydrogen-bond donors (Lipinski definition) is 1. The van der Waals surface area contributed by atoms with Gasteiger partial charge in [-0.25, -0.2) is 4.79 Å². The smallest absolute Gasteiger partial charge is 0.328 e. The lowest BCUT2D eigenvalue weighted by atomic mass is 10.2. The Kier molecular flexibility index (Phi) is 5.15. The van der Waals surface area contributed by atoms with Crippen LogP contribution < -0.4 is 10.1 Å². The van der Waals surface area contributed by atoms with E-state index in [1.165, 1.54) is 7.11 Å². The van der Waals surface area contributed by atoms with Crippen molar-refractivity contribution in [1.29, 1.82) is 0 Å². The molecule has 0 spiro atoms. The first kappa shape index (κ1) is 14.5. The lowest BCUT2D eigenvalue weighted by Crippen LogP contribution is -2.39. The predicted octanol–water partition coefficient (Wildman–Crippen LogP) is 1.75. The molecule has 0 aliphatic rings. The molecule has 6 heteroatoms. The molecule has 0 heterocycles. The Morgan fingerprint density at radius 3 is 2.50 bits per heavy atom. The number of rotatable bonds is 4. The molecule has 0 bridgehead atoms. The zero-order valence-corrected chi connectivity index (χ0v) is 11.9. The van der Waals surface area contributed by atoms with Crippen LogP contribution in [0.25, 0.3) is 0 Å². The van der Waals surface area contributed by atoms with Gasteiger partial charge in [0.25, 0.3) is 5.91 Å². The van der Waals surface area contributed by atoms with Crippen molar-refractivity contribution in [2.75, 3.05) is 14.2 Å². The van der Waals surface area contributed by atoms with E-state index in [0.29, 0.717) is 15.8 Å². The summed E-state index contributed by atoms with van der Waals surface area (Å²) in [6.07, 6.45) is 0. The molecule has 98 valence electrons. The zero-order chi connectivity index (χ0) is 13.7. The van der Waals surface area contributed by atoms with E-state index in [9.17, 15) is 9.59 Å². The SMILES string of the molecule is COC(=O)C(C)NC(=O)c1ccc(OC)c(Br)c1. The molecule has 0 saturated heterocycles. The number of benzene rings is 1. The summed E-state index contributed by atoms with van der Waals surface area (Å²) in [5.41, 5.74) is 0.429. The number of carbonyl (C=O) groups is 2. The molecule has 0 radical (unpaired) electrons. The van der Waals surface area contributed by atoms with Crippen LogP contribution in [0.1, 0.15) is 17.3 Å². The molecule has 1 aromatic rings. The second kappa shape index (κ2) is 6.39. The second-order valence-electron chi connectivity index (χ2n) is 3.57. The molecule has 18 heavy (non-hydrogen) atoms. The van der Waals surface area contributed by atoms with Gasteiger partial charge in [0.05, 0.1) is 18.7 Å². The van der Waals surface area contributed by atoms with Gasteiger partial charge in [0, 0.05) is 5.56 Å². The van der Waals surface area contributed by atoms with Crippen molar-refractivity contribution in [3.8, 4) is 5.75 Å². The number of carbonyl (C=O) groups excluding carboxylic acids is 2. The Morgan fingerprint density at radius 1 is 1.33 bits per heavy atom. The summed E-state index contributed by atoms with van der Waals surface area (Å²) in [5, 5.41) is 2.54. The number of amides is 1. The monoisotopic (exact) mass is 315 g/mol. The lowest BCUT2D eigenvalue weighted by molar-refractivity contribution is -0.142. The van der Waals surface area contributed by atoms with Crippen molar-refractivity contribution in [1.82, 2.24) is 5.32 Å². The van der Waals surface area contributed by atoms with E-state index in [4.69, 9.17) is 4.74 Å².